The molecule has 0 saturated carbocycles. The van der Waals surface area contributed by atoms with Crippen LogP contribution in [-0.2, 0) is 24.4 Å². The van der Waals surface area contributed by atoms with Gasteiger partial charge >= 0.3 is 0 Å². The summed E-state index contributed by atoms with van der Waals surface area (Å²) in [4.78, 5) is 6.70. The third kappa shape index (κ3) is 5.78. The molecule has 2 N–H and O–H groups in total. The maximum Gasteiger partial charge on any atom is 0.191 e. The number of hydrogen-bond donors (Lipinski definition) is 2. The van der Waals surface area contributed by atoms with Crippen LogP contribution in [-0.4, -0.2) is 44.2 Å². The number of nitrogens with zero attached hydrogens (tertiary/aromatic N) is 2. The summed E-state index contributed by atoms with van der Waals surface area (Å²) in [6.07, 6.45) is 0. The molecular weight excluding hydrogens is 355 g/mol. The highest BCUT2D eigenvalue weighted by Gasteiger charge is 2.12. The quantitative estimate of drug-likeness (QED) is 0.594. The standard InChI is InChI=1S/C22H29FN4O/c1-17-7-8-18(13-21(17)23)14-25-22(24-2)26-15-19-5-3-4-6-20(19)16-27-9-11-28-12-10-27/h3-8,13H,9-12,14-16H2,1-2H3,(H2,24,25,26). The van der Waals surface area contributed by atoms with E-state index in [1.807, 2.05) is 6.07 Å². The molecule has 1 fully saturated rings. The molecule has 0 bridgehead atoms. The average Bonchev–Trinajstić information content (AvgIpc) is 2.72. The monoisotopic (exact) mass is 384 g/mol. The van der Waals surface area contributed by atoms with Crippen LogP contribution >= 0.6 is 0 Å². The van der Waals surface area contributed by atoms with Crippen LogP contribution in [0.5, 0.6) is 0 Å². The van der Waals surface area contributed by atoms with Crippen LogP contribution in [0.15, 0.2) is 47.5 Å². The molecule has 1 saturated heterocycles. The predicted molar refractivity (Wildman–Crippen MR) is 111 cm³/mol. The zero-order valence-corrected chi connectivity index (χ0v) is 16.7. The van der Waals surface area contributed by atoms with E-state index >= 15 is 0 Å². The number of benzene rings is 2. The first kappa shape index (κ1) is 20.3. The van der Waals surface area contributed by atoms with Gasteiger partial charge in [0.1, 0.15) is 5.82 Å². The predicted octanol–water partition coefficient (Wildman–Crippen LogP) is 2.83. The Balaban J connectivity index is 1.55. The number of nitrogens with one attached hydrogen (secondary N) is 2. The number of ether oxygens (including phenoxy) is 1. The van der Waals surface area contributed by atoms with Gasteiger partial charge in [0.2, 0.25) is 0 Å². The maximum atomic E-state index is 13.7. The fraction of sp³-hybridized carbons (Fsp3) is 0.409. The van der Waals surface area contributed by atoms with Gasteiger partial charge in [-0.1, -0.05) is 36.4 Å². The van der Waals surface area contributed by atoms with Crippen molar-refractivity contribution in [3.63, 3.8) is 0 Å². The largest absolute Gasteiger partial charge is 0.379 e. The molecule has 1 heterocycles. The minimum atomic E-state index is -0.181. The van der Waals surface area contributed by atoms with E-state index in [1.54, 1.807) is 26.1 Å². The minimum absolute atomic E-state index is 0.181. The molecule has 0 radical (unpaired) electrons. The molecule has 0 unspecified atom stereocenters. The molecule has 0 aliphatic carbocycles. The smallest absolute Gasteiger partial charge is 0.191 e. The fourth-order valence-electron chi connectivity index (χ4n) is 3.22. The SMILES string of the molecule is CN=C(NCc1ccc(C)c(F)c1)NCc1ccccc1CN1CCOCC1. The Morgan fingerprint density at radius 1 is 1.07 bits per heavy atom. The van der Waals surface area contributed by atoms with Crippen LogP contribution in [0.2, 0.25) is 0 Å². The summed E-state index contributed by atoms with van der Waals surface area (Å²) in [5, 5.41) is 6.61. The number of aliphatic imine (C=N–C) groups is 1. The molecule has 0 aromatic heterocycles. The molecule has 1 aliphatic rings. The maximum absolute atomic E-state index is 13.7. The highest BCUT2D eigenvalue weighted by molar-refractivity contribution is 5.79. The van der Waals surface area contributed by atoms with Crippen LogP contribution in [0.25, 0.3) is 0 Å². The Hall–Kier alpha value is -2.44. The molecule has 1 aliphatic heterocycles. The summed E-state index contributed by atoms with van der Waals surface area (Å²) in [5.74, 6) is 0.515. The zero-order valence-electron chi connectivity index (χ0n) is 16.7. The van der Waals surface area contributed by atoms with E-state index in [0.29, 0.717) is 24.6 Å². The molecule has 2 aromatic rings. The summed E-state index contributed by atoms with van der Waals surface area (Å²) in [6, 6.07) is 13.8. The number of morpholine rings is 1. The Kier molecular flexibility index (Phi) is 7.39. The topological polar surface area (TPSA) is 48.9 Å². The lowest BCUT2D eigenvalue weighted by atomic mass is 10.1. The normalized spacial score (nSPS) is 15.5. The zero-order chi connectivity index (χ0) is 19.8. The highest BCUT2D eigenvalue weighted by atomic mass is 19.1. The van der Waals surface area contributed by atoms with Gasteiger partial charge < -0.3 is 15.4 Å². The van der Waals surface area contributed by atoms with Crippen LogP contribution in [0.1, 0.15) is 22.3 Å². The van der Waals surface area contributed by atoms with E-state index in [0.717, 1.165) is 38.4 Å². The lowest BCUT2D eigenvalue weighted by Crippen LogP contribution is -2.37. The molecule has 150 valence electrons. The Morgan fingerprint density at radius 2 is 1.79 bits per heavy atom. The van der Waals surface area contributed by atoms with E-state index < -0.39 is 0 Å². The van der Waals surface area contributed by atoms with Crippen LogP contribution in [0.3, 0.4) is 0 Å². The van der Waals surface area contributed by atoms with Gasteiger partial charge in [0.05, 0.1) is 13.2 Å². The van der Waals surface area contributed by atoms with Crippen molar-refractivity contribution >= 4 is 5.96 Å². The molecular formula is C22H29FN4O. The Labute approximate surface area is 166 Å². The van der Waals surface area contributed by atoms with E-state index in [2.05, 4.69) is 44.8 Å². The van der Waals surface area contributed by atoms with Gasteiger partial charge in [0.25, 0.3) is 0 Å². The highest BCUT2D eigenvalue weighted by Crippen LogP contribution is 2.13. The number of halogens is 1. The molecule has 0 amide bonds. The Bertz CT molecular complexity index is 803. The van der Waals surface area contributed by atoms with Crippen molar-refractivity contribution in [2.75, 3.05) is 33.4 Å². The van der Waals surface area contributed by atoms with Gasteiger partial charge in [-0.3, -0.25) is 9.89 Å². The van der Waals surface area contributed by atoms with Crippen molar-refractivity contribution in [2.45, 2.75) is 26.6 Å². The molecule has 0 spiro atoms. The van der Waals surface area contributed by atoms with Gasteiger partial charge in [0, 0.05) is 39.8 Å². The van der Waals surface area contributed by atoms with Gasteiger partial charge in [-0.2, -0.15) is 0 Å². The van der Waals surface area contributed by atoms with Crippen LogP contribution in [0, 0.1) is 12.7 Å². The number of hydrogen-bond acceptors (Lipinski definition) is 3. The second-order valence-corrected chi connectivity index (χ2v) is 7.02. The van der Waals surface area contributed by atoms with Crippen molar-refractivity contribution in [1.82, 2.24) is 15.5 Å². The third-order valence-corrected chi connectivity index (χ3v) is 4.98. The molecule has 0 atom stereocenters. The second kappa shape index (κ2) is 10.2. The van der Waals surface area contributed by atoms with Crippen LogP contribution < -0.4 is 10.6 Å². The number of aryl methyl sites for hydroxylation is 1. The molecule has 6 heteroatoms. The third-order valence-electron chi connectivity index (χ3n) is 4.98. The van der Waals surface area contributed by atoms with E-state index in [-0.39, 0.29) is 5.82 Å². The number of rotatable bonds is 6. The van der Waals surface area contributed by atoms with Gasteiger partial charge in [0.15, 0.2) is 5.96 Å². The van der Waals surface area contributed by atoms with Crippen molar-refractivity contribution < 1.29 is 9.13 Å². The van der Waals surface area contributed by atoms with Crippen molar-refractivity contribution in [2.24, 2.45) is 4.99 Å². The van der Waals surface area contributed by atoms with Crippen LogP contribution in [0.4, 0.5) is 4.39 Å². The van der Waals surface area contributed by atoms with E-state index in [4.69, 9.17) is 4.74 Å². The summed E-state index contributed by atoms with van der Waals surface area (Å²) in [5.41, 5.74) is 4.10. The summed E-state index contributed by atoms with van der Waals surface area (Å²) >= 11 is 0. The molecule has 2 aromatic carbocycles. The Morgan fingerprint density at radius 3 is 2.50 bits per heavy atom. The van der Waals surface area contributed by atoms with Crippen molar-refractivity contribution in [3.05, 3.63) is 70.5 Å². The molecule has 5 nitrogen and oxygen atoms in total. The summed E-state index contributed by atoms with van der Waals surface area (Å²) < 4.78 is 19.1. The van der Waals surface area contributed by atoms with Gasteiger partial charge in [-0.25, -0.2) is 4.39 Å². The summed E-state index contributed by atoms with van der Waals surface area (Å²) in [7, 11) is 1.74. The molecule has 3 rings (SSSR count). The van der Waals surface area contributed by atoms with Crippen molar-refractivity contribution in [3.8, 4) is 0 Å². The first-order valence-electron chi connectivity index (χ1n) is 9.72. The van der Waals surface area contributed by atoms with E-state index in [1.165, 1.54) is 11.1 Å². The minimum Gasteiger partial charge on any atom is -0.379 e. The van der Waals surface area contributed by atoms with Gasteiger partial charge in [-0.15, -0.1) is 0 Å². The molecule has 28 heavy (non-hydrogen) atoms. The van der Waals surface area contributed by atoms with Crippen molar-refractivity contribution in [1.29, 1.82) is 0 Å². The second-order valence-electron chi connectivity index (χ2n) is 7.02. The first-order valence-corrected chi connectivity index (χ1v) is 9.72. The fourth-order valence-corrected chi connectivity index (χ4v) is 3.22. The van der Waals surface area contributed by atoms with E-state index in [9.17, 15) is 4.39 Å². The average molecular weight is 384 g/mol. The van der Waals surface area contributed by atoms with Gasteiger partial charge in [-0.05, 0) is 35.2 Å². The lowest BCUT2D eigenvalue weighted by molar-refractivity contribution is 0.0341. The summed E-state index contributed by atoms with van der Waals surface area (Å²) in [6.45, 7) is 7.44. The lowest BCUT2D eigenvalue weighted by Gasteiger charge is -2.27. The number of guanidine groups is 1. The first-order chi connectivity index (χ1) is 13.7.